The molecule has 23 heavy (non-hydrogen) atoms. The fourth-order valence-electron chi connectivity index (χ4n) is 2.52. The quantitative estimate of drug-likeness (QED) is 0.923. The third-order valence-electron chi connectivity index (χ3n) is 4.00. The average Bonchev–Trinajstić information content (AvgIpc) is 2.85. The molecule has 0 aromatic heterocycles. The number of methoxy groups -OCH3 is 3. The number of ether oxygens (including phenoxy) is 3. The minimum atomic E-state index is -0.421. The zero-order valence-corrected chi connectivity index (χ0v) is 14.2. The fourth-order valence-corrected chi connectivity index (χ4v) is 2.52. The molecule has 1 unspecified atom stereocenters. The third-order valence-corrected chi connectivity index (χ3v) is 4.00. The van der Waals surface area contributed by atoms with Crippen LogP contribution in [-0.2, 0) is 0 Å². The molecule has 0 spiro atoms. The van der Waals surface area contributed by atoms with Crippen LogP contribution in [0.4, 0.5) is 10.5 Å². The Balaban J connectivity index is 2.20. The number of amidine groups is 1. The largest absolute Gasteiger partial charge is 0.493 e. The molecule has 1 aliphatic heterocycles. The van der Waals surface area contributed by atoms with Gasteiger partial charge in [-0.15, -0.1) is 0 Å². The molecular formula is C16H23N3O4. The number of anilines is 1. The molecule has 7 heteroatoms. The van der Waals surface area contributed by atoms with E-state index < -0.39 is 6.03 Å². The van der Waals surface area contributed by atoms with Gasteiger partial charge in [-0.25, -0.2) is 4.79 Å². The van der Waals surface area contributed by atoms with Crippen LogP contribution in [0.25, 0.3) is 0 Å². The third kappa shape index (κ3) is 3.67. The SMILES string of the molecule is COc1cc(NC(=O)/N=C2/CCC(C)N2C)cc(OC)c1OC. The molecule has 1 heterocycles. The van der Waals surface area contributed by atoms with Crippen LogP contribution in [0.1, 0.15) is 19.8 Å². The number of aliphatic imine (C=N–C) groups is 1. The molecule has 0 saturated carbocycles. The van der Waals surface area contributed by atoms with Gasteiger partial charge in [0.2, 0.25) is 5.75 Å². The van der Waals surface area contributed by atoms with Crippen molar-refractivity contribution in [1.82, 2.24) is 4.90 Å². The lowest BCUT2D eigenvalue weighted by molar-refractivity contribution is 0.259. The summed E-state index contributed by atoms with van der Waals surface area (Å²) in [7, 11) is 6.53. The van der Waals surface area contributed by atoms with Gasteiger partial charge in [0, 0.05) is 31.6 Å². The van der Waals surface area contributed by atoms with E-state index in [1.807, 2.05) is 11.9 Å². The Hall–Kier alpha value is -2.44. The van der Waals surface area contributed by atoms with Gasteiger partial charge in [0.25, 0.3) is 0 Å². The smallest absolute Gasteiger partial charge is 0.347 e. The summed E-state index contributed by atoms with van der Waals surface area (Å²) in [5.74, 6) is 2.22. The van der Waals surface area contributed by atoms with E-state index >= 15 is 0 Å². The van der Waals surface area contributed by atoms with Gasteiger partial charge in [-0.2, -0.15) is 4.99 Å². The first-order chi connectivity index (χ1) is 11.0. The highest BCUT2D eigenvalue weighted by molar-refractivity contribution is 6.00. The van der Waals surface area contributed by atoms with Crippen molar-refractivity contribution >= 4 is 17.6 Å². The molecule has 1 N–H and O–H groups in total. The molecule has 2 rings (SSSR count). The van der Waals surface area contributed by atoms with Crippen molar-refractivity contribution in [3.63, 3.8) is 0 Å². The van der Waals surface area contributed by atoms with Crippen molar-refractivity contribution < 1.29 is 19.0 Å². The molecular weight excluding hydrogens is 298 g/mol. The number of hydrogen-bond donors (Lipinski definition) is 1. The highest BCUT2D eigenvalue weighted by Gasteiger charge is 2.23. The molecule has 0 aliphatic carbocycles. The van der Waals surface area contributed by atoms with Crippen molar-refractivity contribution in [2.24, 2.45) is 4.99 Å². The molecule has 1 fully saturated rings. The number of urea groups is 1. The first-order valence-electron chi connectivity index (χ1n) is 7.41. The molecule has 1 saturated heterocycles. The Morgan fingerprint density at radius 1 is 1.22 bits per heavy atom. The van der Waals surface area contributed by atoms with E-state index in [4.69, 9.17) is 14.2 Å². The van der Waals surface area contributed by atoms with Gasteiger partial charge >= 0.3 is 6.03 Å². The maximum atomic E-state index is 12.1. The summed E-state index contributed by atoms with van der Waals surface area (Å²) in [6, 6.07) is 3.32. The summed E-state index contributed by atoms with van der Waals surface area (Å²) in [6.45, 7) is 2.11. The first kappa shape index (κ1) is 16.9. The maximum absolute atomic E-state index is 12.1. The van der Waals surface area contributed by atoms with Gasteiger partial charge in [0.05, 0.1) is 27.0 Å². The first-order valence-corrected chi connectivity index (χ1v) is 7.41. The van der Waals surface area contributed by atoms with Crippen LogP contribution in [0.2, 0.25) is 0 Å². The molecule has 1 atom stereocenters. The van der Waals surface area contributed by atoms with Crippen LogP contribution < -0.4 is 19.5 Å². The predicted molar refractivity (Wildman–Crippen MR) is 89.0 cm³/mol. The number of likely N-dealkylation sites (tertiary alicyclic amines) is 1. The van der Waals surface area contributed by atoms with E-state index in [2.05, 4.69) is 17.2 Å². The molecule has 2 amide bonds. The van der Waals surface area contributed by atoms with Crippen molar-refractivity contribution in [2.45, 2.75) is 25.8 Å². The summed E-state index contributed by atoms with van der Waals surface area (Å²) in [4.78, 5) is 18.3. The lowest BCUT2D eigenvalue weighted by atomic mass is 10.2. The molecule has 1 aromatic carbocycles. The fraction of sp³-hybridized carbons (Fsp3) is 0.500. The molecule has 126 valence electrons. The zero-order chi connectivity index (χ0) is 17.0. The second-order valence-corrected chi connectivity index (χ2v) is 5.37. The Kier molecular flexibility index (Phi) is 5.31. The summed E-state index contributed by atoms with van der Waals surface area (Å²) >= 11 is 0. The van der Waals surface area contributed by atoms with E-state index in [0.29, 0.717) is 29.0 Å². The molecule has 1 aromatic rings. The Morgan fingerprint density at radius 2 is 1.83 bits per heavy atom. The standard InChI is InChI=1S/C16H23N3O4/c1-10-6-7-14(19(10)2)18-16(20)17-11-8-12(21-3)15(23-5)13(9-11)22-4/h8-10H,6-7H2,1-5H3,(H,17,20)/b18-14-. The number of carbonyl (C=O) groups excluding carboxylic acids is 1. The average molecular weight is 321 g/mol. The number of benzene rings is 1. The van der Waals surface area contributed by atoms with Crippen LogP contribution in [0.15, 0.2) is 17.1 Å². The number of nitrogens with zero attached hydrogens (tertiary/aromatic N) is 2. The maximum Gasteiger partial charge on any atom is 0.347 e. The Morgan fingerprint density at radius 3 is 2.26 bits per heavy atom. The van der Waals surface area contributed by atoms with Gasteiger partial charge in [0.15, 0.2) is 11.5 Å². The molecule has 0 radical (unpaired) electrons. The van der Waals surface area contributed by atoms with Gasteiger partial charge in [0.1, 0.15) is 5.84 Å². The van der Waals surface area contributed by atoms with Crippen molar-refractivity contribution in [3.8, 4) is 17.2 Å². The van der Waals surface area contributed by atoms with Gasteiger partial charge in [-0.3, -0.25) is 0 Å². The van der Waals surface area contributed by atoms with E-state index in [-0.39, 0.29) is 0 Å². The second-order valence-electron chi connectivity index (χ2n) is 5.37. The Bertz CT molecular complexity index is 590. The summed E-state index contributed by atoms with van der Waals surface area (Å²) < 4.78 is 15.8. The van der Waals surface area contributed by atoms with Crippen LogP contribution in [0, 0.1) is 0 Å². The number of hydrogen-bond acceptors (Lipinski definition) is 4. The van der Waals surface area contributed by atoms with E-state index in [0.717, 1.165) is 18.7 Å². The highest BCUT2D eigenvalue weighted by atomic mass is 16.5. The van der Waals surface area contributed by atoms with Crippen LogP contribution in [0.3, 0.4) is 0 Å². The lowest BCUT2D eigenvalue weighted by Gasteiger charge is -2.17. The highest BCUT2D eigenvalue weighted by Crippen LogP contribution is 2.39. The van der Waals surface area contributed by atoms with E-state index in [1.54, 1.807) is 12.1 Å². The second kappa shape index (κ2) is 7.21. The molecule has 7 nitrogen and oxygen atoms in total. The number of carbonyl (C=O) groups is 1. The summed E-state index contributed by atoms with van der Waals surface area (Å²) in [5.41, 5.74) is 0.530. The monoisotopic (exact) mass is 321 g/mol. The van der Waals surface area contributed by atoms with Crippen molar-refractivity contribution in [2.75, 3.05) is 33.7 Å². The van der Waals surface area contributed by atoms with Gasteiger partial charge < -0.3 is 24.4 Å². The predicted octanol–water partition coefficient (Wildman–Crippen LogP) is 2.76. The van der Waals surface area contributed by atoms with E-state index in [9.17, 15) is 4.79 Å². The molecule has 1 aliphatic rings. The van der Waals surface area contributed by atoms with E-state index in [1.165, 1.54) is 21.3 Å². The van der Waals surface area contributed by atoms with Gasteiger partial charge in [-0.05, 0) is 13.3 Å². The minimum absolute atomic E-state index is 0.405. The van der Waals surface area contributed by atoms with Crippen molar-refractivity contribution in [3.05, 3.63) is 12.1 Å². The summed E-state index contributed by atoms with van der Waals surface area (Å²) in [5, 5.41) is 2.74. The molecule has 0 bridgehead atoms. The topological polar surface area (TPSA) is 72.4 Å². The lowest BCUT2D eigenvalue weighted by Crippen LogP contribution is -2.27. The van der Waals surface area contributed by atoms with Crippen LogP contribution in [-0.4, -0.2) is 51.2 Å². The van der Waals surface area contributed by atoms with Crippen LogP contribution >= 0.6 is 0 Å². The summed E-state index contributed by atoms with van der Waals surface area (Å²) in [6.07, 6.45) is 1.81. The Labute approximate surface area is 136 Å². The number of rotatable bonds is 4. The van der Waals surface area contributed by atoms with Crippen LogP contribution in [0.5, 0.6) is 17.2 Å². The minimum Gasteiger partial charge on any atom is -0.493 e. The van der Waals surface area contributed by atoms with Gasteiger partial charge in [-0.1, -0.05) is 0 Å². The normalized spacial score (nSPS) is 18.9. The number of amides is 2. The number of nitrogens with one attached hydrogen (secondary N) is 1. The zero-order valence-electron chi connectivity index (χ0n) is 14.2. The van der Waals surface area contributed by atoms with Crippen molar-refractivity contribution in [1.29, 1.82) is 0 Å².